The van der Waals surface area contributed by atoms with Gasteiger partial charge in [0.25, 0.3) is 0 Å². The van der Waals surface area contributed by atoms with Gasteiger partial charge in [-0.15, -0.1) is 0 Å². The van der Waals surface area contributed by atoms with Crippen molar-refractivity contribution in [1.29, 1.82) is 0 Å². The molecule has 0 atom stereocenters. The maximum absolute atomic E-state index is 11.4. The van der Waals surface area contributed by atoms with Crippen molar-refractivity contribution in [2.24, 2.45) is 13.0 Å². The zero-order chi connectivity index (χ0) is 17.1. The minimum absolute atomic E-state index is 0.272. The number of fused-ring (bicyclic) bond motifs is 1. The monoisotopic (exact) mass is 321 g/mol. The van der Waals surface area contributed by atoms with Gasteiger partial charge in [-0.05, 0) is 25.0 Å². The molecule has 1 saturated carbocycles. The lowest BCUT2D eigenvalue weighted by Gasteiger charge is -2.14. The van der Waals surface area contributed by atoms with E-state index in [1.54, 1.807) is 6.20 Å². The number of ketones is 1. The van der Waals surface area contributed by atoms with Crippen LogP contribution in [0.5, 0.6) is 0 Å². The average Bonchev–Trinajstić information content (AvgIpc) is 2.90. The van der Waals surface area contributed by atoms with Gasteiger partial charge in [0.2, 0.25) is 5.91 Å². The van der Waals surface area contributed by atoms with Crippen LogP contribution in [0.15, 0.2) is 31.1 Å². The van der Waals surface area contributed by atoms with Crippen molar-refractivity contribution in [2.45, 2.75) is 25.7 Å². The van der Waals surface area contributed by atoms with Crippen molar-refractivity contribution in [3.8, 4) is 11.8 Å². The van der Waals surface area contributed by atoms with Gasteiger partial charge in [-0.1, -0.05) is 18.4 Å². The minimum Gasteiger partial charge on any atom is -0.334 e. The number of carbonyl (C=O) groups excluding carboxylic acids is 2. The molecule has 24 heavy (non-hydrogen) atoms. The van der Waals surface area contributed by atoms with Crippen LogP contribution in [0, 0.1) is 17.8 Å². The summed E-state index contributed by atoms with van der Waals surface area (Å²) in [5, 5.41) is 3.62. The van der Waals surface area contributed by atoms with E-state index < -0.39 is 0 Å². The summed E-state index contributed by atoms with van der Waals surface area (Å²) in [7, 11) is 1.92. The van der Waals surface area contributed by atoms with E-state index in [0.29, 0.717) is 24.3 Å². The Balaban J connectivity index is 1.90. The van der Waals surface area contributed by atoms with Crippen molar-refractivity contribution in [3.63, 3.8) is 0 Å². The lowest BCUT2D eigenvalue weighted by Crippen LogP contribution is -2.12. The first kappa shape index (κ1) is 16.0. The van der Waals surface area contributed by atoms with Crippen molar-refractivity contribution in [3.05, 3.63) is 36.7 Å². The molecule has 2 aromatic heterocycles. The van der Waals surface area contributed by atoms with Crippen molar-refractivity contribution in [2.75, 3.05) is 5.32 Å². The van der Waals surface area contributed by atoms with E-state index in [9.17, 15) is 9.59 Å². The molecule has 2 aromatic rings. The zero-order valence-corrected chi connectivity index (χ0v) is 13.6. The highest BCUT2D eigenvalue weighted by Crippen LogP contribution is 2.23. The molecule has 0 aromatic carbocycles. The number of amides is 1. The van der Waals surface area contributed by atoms with Crippen molar-refractivity contribution in [1.82, 2.24) is 9.55 Å². The molecule has 122 valence electrons. The molecule has 2 heterocycles. The summed E-state index contributed by atoms with van der Waals surface area (Å²) >= 11 is 0. The fraction of sp³-hybridized carbons (Fsp3) is 0.316. The number of pyridine rings is 1. The van der Waals surface area contributed by atoms with Crippen LogP contribution in [0.2, 0.25) is 0 Å². The highest BCUT2D eigenvalue weighted by Gasteiger charge is 2.16. The van der Waals surface area contributed by atoms with Crippen LogP contribution in [-0.4, -0.2) is 21.2 Å². The van der Waals surface area contributed by atoms with Gasteiger partial charge in [-0.2, -0.15) is 0 Å². The summed E-state index contributed by atoms with van der Waals surface area (Å²) in [4.78, 5) is 27.2. The largest absolute Gasteiger partial charge is 0.334 e. The van der Waals surface area contributed by atoms with E-state index in [1.807, 2.05) is 23.9 Å². The number of hydrogen-bond acceptors (Lipinski definition) is 3. The Morgan fingerprint density at radius 3 is 2.92 bits per heavy atom. The van der Waals surface area contributed by atoms with E-state index >= 15 is 0 Å². The van der Waals surface area contributed by atoms with Gasteiger partial charge in [0, 0.05) is 37.4 Å². The third-order valence-electron chi connectivity index (χ3n) is 4.22. The van der Waals surface area contributed by atoms with E-state index in [-0.39, 0.29) is 11.8 Å². The summed E-state index contributed by atoms with van der Waals surface area (Å²) in [6.07, 6.45) is 7.74. The number of Topliss-reactive ketones (excluding diaryl/α,β-unsaturated/α-hetero) is 1. The Hall–Kier alpha value is -2.87. The number of nitrogens with zero attached hydrogens (tertiary/aromatic N) is 2. The predicted molar refractivity (Wildman–Crippen MR) is 93.4 cm³/mol. The molecule has 1 aliphatic rings. The molecule has 0 radical (unpaired) electrons. The Bertz CT molecular complexity index is 873. The number of hydrogen-bond donors (Lipinski definition) is 1. The molecular weight excluding hydrogens is 302 g/mol. The summed E-state index contributed by atoms with van der Waals surface area (Å²) < 4.78 is 1.92. The van der Waals surface area contributed by atoms with Gasteiger partial charge in [0.15, 0.2) is 0 Å². The number of carbonyl (C=O) groups is 2. The van der Waals surface area contributed by atoms with Crippen LogP contribution in [-0.2, 0) is 16.6 Å². The third-order valence-corrected chi connectivity index (χ3v) is 4.22. The Kier molecular flexibility index (Phi) is 4.48. The SMILES string of the molecule is C=CC(=O)Nc1cnc2c(c1)c(C#CC1CCC(=O)CC1)cn2C. The second-order valence-corrected chi connectivity index (χ2v) is 6.02. The van der Waals surface area contributed by atoms with Gasteiger partial charge in [0.05, 0.1) is 17.4 Å². The van der Waals surface area contributed by atoms with Crippen LogP contribution in [0.3, 0.4) is 0 Å². The highest BCUT2D eigenvalue weighted by atomic mass is 16.1. The van der Waals surface area contributed by atoms with Crippen molar-refractivity contribution < 1.29 is 9.59 Å². The molecule has 1 fully saturated rings. The second-order valence-electron chi connectivity index (χ2n) is 6.02. The highest BCUT2D eigenvalue weighted by molar-refractivity contribution is 6.00. The maximum atomic E-state index is 11.4. The van der Waals surface area contributed by atoms with Gasteiger partial charge >= 0.3 is 0 Å². The number of aryl methyl sites for hydroxylation is 1. The molecule has 1 aliphatic carbocycles. The molecule has 5 nitrogen and oxygen atoms in total. The first-order valence-corrected chi connectivity index (χ1v) is 7.98. The van der Waals surface area contributed by atoms with E-state index in [0.717, 1.165) is 29.4 Å². The molecule has 5 heteroatoms. The number of nitrogens with one attached hydrogen (secondary N) is 1. The molecule has 0 saturated heterocycles. The first-order chi connectivity index (χ1) is 11.6. The average molecular weight is 321 g/mol. The van der Waals surface area contributed by atoms with Crippen LogP contribution < -0.4 is 5.32 Å². The summed E-state index contributed by atoms with van der Waals surface area (Å²) in [5.41, 5.74) is 2.31. The van der Waals surface area contributed by atoms with E-state index in [2.05, 4.69) is 28.7 Å². The fourth-order valence-electron chi connectivity index (χ4n) is 2.89. The maximum Gasteiger partial charge on any atom is 0.247 e. The Labute approximate surface area is 140 Å². The predicted octanol–water partition coefficient (Wildman–Crippen LogP) is 2.81. The Morgan fingerprint density at radius 1 is 1.46 bits per heavy atom. The number of aromatic nitrogens is 2. The molecular formula is C19H19N3O2. The van der Waals surface area contributed by atoms with Crippen molar-refractivity contribution >= 4 is 28.4 Å². The number of anilines is 1. The smallest absolute Gasteiger partial charge is 0.247 e. The zero-order valence-electron chi connectivity index (χ0n) is 13.6. The van der Waals surface area contributed by atoms with Crippen LogP contribution in [0.1, 0.15) is 31.2 Å². The van der Waals surface area contributed by atoms with Crippen LogP contribution in [0.4, 0.5) is 5.69 Å². The first-order valence-electron chi connectivity index (χ1n) is 7.98. The molecule has 0 aliphatic heterocycles. The van der Waals surface area contributed by atoms with Gasteiger partial charge in [-0.25, -0.2) is 4.98 Å². The molecule has 1 amide bonds. The molecule has 0 bridgehead atoms. The third kappa shape index (κ3) is 3.38. The summed E-state index contributed by atoms with van der Waals surface area (Å²) in [6.45, 7) is 3.44. The summed E-state index contributed by atoms with van der Waals surface area (Å²) in [5.74, 6) is 6.86. The summed E-state index contributed by atoms with van der Waals surface area (Å²) in [6, 6.07) is 1.87. The quantitative estimate of drug-likeness (QED) is 0.683. The van der Waals surface area contributed by atoms with E-state index in [1.165, 1.54) is 6.08 Å². The lowest BCUT2D eigenvalue weighted by atomic mass is 9.89. The van der Waals surface area contributed by atoms with Gasteiger partial charge in [-0.3, -0.25) is 9.59 Å². The minimum atomic E-state index is -0.272. The van der Waals surface area contributed by atoms with Gasteiger partial charge < -0.3 is 9.88 Å². The fourth-order valence-corrected chi connectivity index (χ4v) is 2.89. The van der Waals surface area contributed by atoms with Crippen LogP contribution >= 0.6 is 0 Å². The Morgan fingerprint density at radius 2 is 2.21 bits per heavy atom. The van der Waals surface area contributed by atoms with Crippen LogP contribution in [0.25, 0.3) is 11.0 Å². The normalized spacial score (nSPS) is 15.0. The standard InChI is InChI=1S/C19H19N3O2/c1-3-18(24)21-15-10-17-14(12-22(2)19(17)20-11-15)7-4-13-5-8-16(23)9-6-13/h3,10-13H,1,5-6,8-9H2,2H3,(H,21,24). The van der Waals surface area contributed by atoms with E-state index in [4.69, 9.17) is 0 Å². The molecule has 3 rings (SSSR count). The topological polar surface area (TPSA) is 64.0 Å². The lowest BCUT2D eigenvalue weighted by molar-refractivity contribution is -0.120. The number of rotatable bonds is 2. The second kappa shape index (κ2) is 6.71. The molecule has 0 unspecified atom stereocenters. The van der Waals surface area contributed by atoms with Gasteiger partial charge in [0.1, 0.15) is 11.4 Å². The molecule has 0 spiro atoms. The molecule has 1 N–H and O–H groups in total.